The van der Waals surface area contributed by atoms with Crippen LogP contribution in [0.1, 0.15) is 49.9 Å². The van der Waals surface area contributed by atoms with Crippen LogP contribution in [0.2, 0.25) is 0 Å². The summed E-state index contributed by atoms with van der Waals surface area (Å²) in [4.78, 5) is 12.5. The van der Waals surface area contributed by atoms with Gasteiger partial charge in [-0.15, -0.1) is 0 Å². The lowest BCUT2D eigenvalue weighted by atomic mass is 9.98. The number of ether oxygens (including phenoxy) is 2. The SMILES string of the molecule is CCOc1ccc(C(=O)NC(CN)C2CCCC2)cc1OCC. The number of nitrogens with one attached hydrogen (secondary N) is 1. The van der Waals surface area contributed by atoms with Crippen LogP contribution in [0.5, 0.6) is 11.5 Å². The Balaban J connectivity index is 2.09. The number of hydrogen-bond acceptors (Lipinski definition) is 4. The molecular weight excluding hydrogens is 292 g/mol. The molecule has 1 atom stereocenters. The second-order valence-corrected chi connectivity index (χ2v) is 5.89. The van der Waals surface area contributed by atoms with E-state index in [4.69, 9.17) is 15.2 Å². The molecule has 128 valence electrons. The van der Waals surface area contributed by atoms with Gasteiger partial charge in [-0.25, -0.2) is 0 Å². The molecule has 0 heterocycles. The minimum atomic E-state index is -0.101. The van der Waals surface area contributed by atoms with Gasteiger partial charge in [0.15, 0.2) is 11.5 Å². The van der Waals surface area contributed by atoms with Crippen LogP contribution in [0.3, 0.4) is 0 Å². The van der Waals surface area contributed by atoms with Gasteiger partial charge in [0, 0.05) is 18.2 Å². The predicted molar refractivity (Wildman–Crippen MR) is 91.0 cm³/mol. The summed E-state index contributed by atoms with van der Waals surface area (Å²) in [5, 5.41) is 3.09. The molecule has 2 rings (SSSR count). The zero-order valence-electron chi connectivity index (χ0n) is 14.1. The summed E-state index contributed by atoms with van der Waals surface area (Å²) in [5.41, 5.74) is 6.44. The maximum Gasteiger partial charge on any atom is 0.251 e. The van der Waals surface area contributed by atoms with E-state index in [1.54, 1.807) is 18.2 Å². The van der Waals surface area contributed by atoms with Crippen molar-refractivity contribution in [1.82, 2.24) is 5.32 Å². The molecule has 5 heteroatoms. The van der Waals surface area contributed by atoms with Gasteiger partial charge in [-0.05, 0) is 50.8 Å². The van der Waals surface area contributed by atoms with Crippen LogP contribution in [-0.4, -0.2) is 31.7 Å². The first-order valence-electron chi connectivity index (χ1n) is 8.60. The van der Waals surface area contributed by atoms with E-state index >= 15 is 0 Å². The van der Waals surface area contributed by atoms with Gasteiger partial charge in [0.2, 0.25) is 0 Å². The fourth-order valence-corrected chi connectivity index (χ4v) is 3.17. The quantitative estimate of drug-likeness (QED) is 0.772. The number of rotatable bonds is 8. The van der Waals surface area contributed by atoms with Crippen molar-refractivity contribution in [3.05, 3.63) is 23.8 Å². The van der Waals surface area contributed by atoms with Crippen molar-refractivity contribution in [2.24, 2.45) is 11.7 Å². The van der Waals surface area contributed by atoms with Crippen LogP contribution in [0.4, 0.5) is 0 Å². The molecule has 0 aliphatic heterocycles. The average Bonchev–Trinajstić information content (AvgIpc) is 3.08. The van der Waals surface area contributed by atoms with Crippen molar-refractivity contribution < 1.29 is 14.3 Å². The Labute approximate surface area is 138 Å². The number of nitrogens with two attached hydrogens (primary N) is 1. The van der Waals surface area contributed by atoms with Gasteiger partial charge in [0.25, 0.3) is 5.91 Å². The fraction of sp³-hybridized carbons (Fsp3) is 0.611. The predicted octanol–water partition coefficient (Wildman–Crippen LogP) is 2.73. The fourth-order valence-electron chi connectivity index (χ4n) is 3.17. The van der Waals surface area contributed by atoms with Gasteiger partial charge >= 0.3 is 0 Å². The van der Waals surface area contributed by atoms with Gasteiger partial charge in [0.05, 0.1) is 13.2 Å². The third-order valence-corrected chi connectivity index (χ3v) is 4.34. The van der Waals surface area contributed by atoms with Crippen LogP contribution in [0.15, 0.2) is 18.2 Å². The number of hydrogen-bond donors (Lipinski definition) is 2. The van der Waals surface area contributed by atoms with Crippen LogP contribution < -0.4 is 20.5 Å². The highest BCUT2D eigenvalue weighted by Gasteiger charge is 2.25. The minimum Gasteiger partial charge on any atom is -0.490 e. The van der Waals surface area contributed by atoms with Crippen LogP contribution in [0, 0.1) is 5.92 Å². The molecule has 1 saturated carbocycles. The Morgan fingerprint density at radius 2 is 1.87 bits per heavy atom. The maximum atomic E-state index is 12.5. The largest absolute Gasteiger partial charge is 0.490 e. The summed E-state index contributed by atoms with van der Waals surface area (Å²) in [5.74, 6) is 1.67. The minimum absolute atomic E-state index is 0.0483. The van der Waals surface area contributed by atoms with Crippen LogP contribution in [0.25, 0.3) is 0 Å². The summed E-state index contributed by atoms with van der Waals surface area (Å²) in [7, 11) is 0. The van der Waals surface area contributed by atoms with Crippen molar-refractivity contribution in [3.63, 3.8) is 0 Å². The molecular formula is C18H28N2O3. The lowest BCUT2D eigenvalue weighted by Gasteiger charge is -2.23. The lowest BCUT2D eigenvalue weighted by molar-refractivity contribution is 0.0923. The maximum absolute atomic E-state index is 12.5. The normalized spacial score (nSPS) is 16.1. The summed E-state index contributed by atoms with van der Waals surface area (Å²) in [6, 6.07) is 5.35. The highest BCUT2D eigenvalue weighted by molar-refractivity contribution is 5.95. The Bertz CT molecular complexity index is 513. The van der Waals surface area contributed by atoms with E-state index in [-0.39, 0.29) is 11.9 Å². The molecule has 1 unspecified atom stereocenters. The van der Waals surface area contributed by atoms with Crippen molar-refractivity contribution >= 4 is 5.91 Å². The molecule has 1 aliphatic carbocycles. The van der Waals surface area contributed by atoms with Crippen LogP contribution in [-0.2, 0) is 0 Å². The highest BCUT2D eigenvalue weighted by atomic mass is 16.5. The van der Waals surface area contributed by atoms with Crippen LogP contribution >= 0.6 is 0 Å². The zero-order valence-corrected chi connectivity index (χ0v) is 14.1. The first-order chi connectivity index (χ1) is 11.2. The molecule has 0 bridgehead atoms. The molecule has 0 aromatic heterocycles. The molecule has 1 aliphatic rings. The van der Waals surface area contributed by atoms with Gasteiger partial charge < -0.3 is 20.5 Å². The van der Waals surface area contributed by atoms with Gasteiger partial charge in [-0.1, -0.05) is 12.8 Å². The number of benzene rings is 1. The van der Waals surface area contributed by atoms with E-state index in [1.165, 1.54) is 12.8 Å². The molecule has 3 N–H and O–H groups in total. The highest BCUT2D eigenvalue weighted by Crippen LogP contribution is 2.30. The topological polar surface area (TPSA) is 73.6 Å². The summed E-state index contributed by atoms with van der Waals surface area (Å²) < 4.78 is 11.1. The van der Waals surface area contributed by atoms with E-state index in [0.717, 1.165) is 12.8 Å². The summed E-state index contributed by atoms with van der Waals surface area (Å²) >= 11 is 0. The molecule has 1 aromatic rings. The second kappa shape index (κ2) is 8.77. The smallest absolute Gasteiger partial charge is 0.251 e. The molecule has 1 aromatic carbocycles. The molecule has 1 amide bonds. The number of amides is 1. The molecule has 0 spiro atoms. The van der Waals surface area contributed by atoms with Crippen molar-refractivity contribution in [1.29, 1.82) is 0 Å². The zero-order chi connectivity index (χ0) is 16.7. The third kappa shape index (κ3) is 4.61. The standard InChI is InChI=1S/C18H28N2O3/c1-3-22-16-10-9-14(11-17(16)23-4-2)18(21)20-15(12-19)13-7-5-6-8-13/h9-11,13,15H,3-8,12,19H2,1-2H3,(H,20,21). The lowest BCUT2D eigenvalue weighted by Crippen LogP contribution is -2.44. The van der Waals surface area contributed by atoms with E-state index < -0.39 is 0 Å². The number of carbonyl (C=O) groups is 1. The molecule has 0 saturated heterocycles. The first-order valence-corrected chi connectivity index (χ1v) is 8.60. The third-order valence-electron chi connectivity index (χ3n) is 4.34. The molecule has 0 radical (unpaired) electrons. The van der Waals surface area contributed by atoms with E-state index in [9.17, 15) is 4.79 Å². The Hall–Kier alpha value is -1.75. The summed E-state index contributed by atoms with van der Waals surface area (Å²) in [6.07, 6.45) is 4.76. The van der Waals surface area contributed by atoms with E-state index in [2.05, 4.69) is 5.32 Å². The summed E-state index contributed by atoms with van der Waals surface area (Å²) in [6.45, 7) is 5.39. The molecule has 23 heavy (non-hydrogen) atoms. The Morgan fingerprint density at radius 1 is 1.22 bits per heavy atom. The Morgan fingerprint density at radius 3 is 2.48 bits per heavy atom. The monoisotopic (exact) mass is 320 g/mol. The Kier molecular flexibility index (Phi) is 6.71. The van der Waals surface area contributed by atoms with Crippen molar-refractivity contribution in [2.45, 2.75) is 45.6 Å². The molecule has 1 fully saturated rings. The van der Waals surface area contributed by atoms with E-state index in [1.807, 2.05) is 13.8 Å². The average molecular weight is 320 g/mol. The van der Waals surface area contributed by atoms with E-state index in [0.29, 0.717) is 42.7 Å². The van der Waals surface area contributed by atoms with Crippen molar-refractivity contribution in [3.8, 4) is 11.5 Å². The second-order valence-electron chi connectivity index (χ2n) is 5.89. The number of carbonyl (C=O) groups excluding carboxylic acids is 1. The van der Waals surface area contributed by atoms with Gasteiger partial charge in [-0.3, -0.25) is 4.79 Å². The molecule has 5 nitrogen and oxygen atoms in total. The first kappa shape index (κ1) is 17.6. The van der Waals surface area contributed by atoms with Crippen molar-refractivity contribution in [2.75, 3.05) is 19.8 Å². The van der Waals surface area contributed by atoms with Gasteiger partial charge in [-0.2, -0.15) is 0 Å². The van der Waals surface area contributed by atoms with Gasteiger partial charge in [0.1, 0.15) is 0 Å².